The summed E-state index contributed by atoms with van der Waals surface area (Å²) in [6.45, 7) is 2.29. The Hall–Kier alpha value is -0.780. The lowest BCUT2D eigenvalue weighted by Crippen LogP contribution is -2.13. The van der Waals surface area contributed by atoms with E-state index in [2.05, 4.69) is 37.3 Å². The summed E-state index contributed by atoms with van der Waals surface area (Å²) < 4.78 is 0. The first-order valence-corrected chi connectivity index (χ1v) is 7.36. The highest BCUT2D eigenvalue weighted by molar-refractivity contribution is 5.19. The first kappa shape index (κ1) is 12.7. The molecule has 0 saturated heterocycles. The zero-order valence-corrected chi connectivity index (χ0v) is 11.1. The largest absolute Gasteiger partial charge is 0.0654 e. The smallest absolute Gasteiger partial charge is 0.0162 e. The minimum absolute atomic E-state index is 0.826. The molecule has 0 amide bonds. The maximum absolute atomic E-state index is 3.11. The van der Waals surface area contributed by atoms with Gasteiger partial charge < -0.3 is 0 Å². The topological polar surface area (TPSA) is 0 Å². The van der Waals surface area contributed by atoms with Crippen molar-refractivity contribution in [3.05, 3.63) is 35.9 Å². The number of hydrogen-bond acceptors (Lipinski definition) is 0. The Morgan fingerprint density at radius 3 is 2.41 bits per heavy atom. The van der Waals surface area contributed by atoms with Crippen LogP contribution in [0.2, 0.25) is 0 Å². The van der Waals surface area contributed by atoms with Crippen molar-refractivity contribution in [2.75, 3.05) is 0 Å². The van der Waals surface area contributed by atoms with Gasteiger partial charge in [-0.25, -0.2) is 0 Å². The molecule has 93 valence electrons. The van der Waals surface area contributed by atoms with Gasteiger partial charge in [0.1, 0.15) is 0 Å². The predicted octanol–water partition coefficient (Wildman–Crippen LogP) is 5.34. The summed E-state index contributed by atoms with van der Waals surface area (Å²) in [6.07, 6.45) is 11.4. The highest BCUT2D eigenvalue weighted by atomic mass is 14.3. The summed E-state index contributed by atoms with van der Waals surface area (Å²) in [5.74, 6) is 1.85. The van der Waals surface area contributed by atoms with Crippen LogP contribution in [0.1, 0.15) is 69.8 Å². The lowest BCUT2D eigenvalue weighted by molar-refractivity contribution is 0.303. The highest BCUT2D eigenvalue weighted by Crippen LogP contribution is 2.37. The Labute approximate surface area is 106 Å². The molecule has 1 aromatic carbocycles. The molecule has 1 aliphatic rings. The third-order valence-electron chi connectivity index (χ3n) is 4.28. The summed E-state index contributed by atoms with van der Waals surface area (Å²) in [7, 11) is 0. The molecule has 1 fully saturated rings. The average molecular weight is 229 g/mol. The van der Waals surface area contributed by atoms with E-state index >= 15 is 0 Å². The van der Waals surface area contributed by atoms with Crippen molar-refractivity contribution in [2.24, 2.45) is 5.92 Å². The normalized spacial score (nSPS) is 24.8. The van der Waals surface area contributed by atoms with Gasteiger partial charge in [0.2, 0.25) is 0 Å². The van der Waals surface area contributed by atoms with Crippen molar-refractivity contribution < 1.29 is 0 Å². The van der Waals surface area contributed by atoms with Crippen molar-refractivity contribution in [2.45, 2.75) is 64.2 Å². The van der Waals surface area contributed by atoms with Crippen LogP contribution in [0, 0.1) is 12.0 Å². The van der Waals surface area contributed by atoms with E-state index < -0.39 is 0 Å². The average Bonchev–Trinajstić information content (AvgIpc) is 2.41. The molecular formula is C17H25. The van der Waals surface area contributed by atoms with Crippen molar-refractivity contribution in [3.63, 3.8) is 0 Å². The summed E-state index contributed by atoms with van der Waals surface area (Å²) in [5.41, 5.74) is 1.54. The van der Waals surface area contributed by atoms with Crippen LogP contribution in [0.3, 0.4) is 0 Å². The first-order valence-electron chi connectivity index (χ1n) is 7.36. The lowest BCUT2D eigenvalue weighted by atomic mass is 9.77. The van der Waals surface area contributed by atoms with Crippen LogP contribution in [0.4, 0.5) is 0 Å². The van der Waals surface area contributed by atoms with E-state index in [1.165, 1.54) is 56.9 Å². The zero-order valence-electron chi connectivity index (χ0n) is 11.1. The fourth-order valence-electron chi connectivity index (χ4n) is 3.14. The molecule has 2 rings (SSSR count). The lowest BCUT2D eigenvalue weighted by Gasteiger charge is -2.28. The highest BCUT2D eigenvalue weighted by Gasteiger charge is 2.21. The van der Waals surface area contributed by atoms with E-state index in [1.807, 2.05) is 0 Å². The SMILES string of the molecule is CCCCC[C@H]1CC[C@H](c2cc[c]cc2)CC1. The van der Waals surface area contributed by atoms with Crippen LogP contribution >= 0.6 is 0 Å². The maximum Gasteiger partial charge on any atom is -0.0162 e. The molecule has 1 radical (unpaired) electrons. The van der Waals surface area contributed by atoms with Gasteiger partial charge in [0.15, 0.2) is 0 Å². The van der Waals surface area contributed by atoms with Gasteiger partial charge in [0.25, 0.3) is 0 Å². The summed E-state index contributed by atoms with van der Waals surface area (Å²) in [5, 5.41) is 0. The van der Waals surface area contributed by atoms with Crippen molar-refractivity contribution in [3.8, 4) is 0 Å². The summed E-state index contributed by atoms with van der Waals surface area (Å²) in [6, 6.07) is 11.7. The second-order valence-electron chi connectivity index (χ2n) is 5.55. The molecule has 0 heteroatoms. The van der Waals surface area contributed by atoms with Gasteiger partial charge in [0, 0.05) is 0 Å². The Balaban J connectivity index is 1.74. The molecular weight excluding hydrogens is 204 g/mol. The quantitative estimate of drug-likeness (QED) is 0.598. The molecule has 0 spiro atoms. The van der Waals surface area contributed by atoms with Crippen LogP contribution in [0.5, 0.6) is 0 Å². The van der Waals surface area contributed by atoms with Gasteiger partial charge in [-0.05, 0) is 49.1 Å². The Bertz CT molecular complexity index is 293. The molecule has 1 aliphatic carbocycles. The predicted molar refractivity (Wildman–Crippen MR) is 74.1 cm³/mol. The number of benzene rings is 1. The summed E-state index contributed by atoms with van der Waals surface area (Å²) in [4.78, 5) is 0. The van der Waals surface area contributed by atoms with Gasteiger partial charge >= 0.3 is 0 Å². The van der Waals surface area contributed by atoms with Gasteiger partial charge in [-0.3, -0.25) is 0 Å². The number of hydrogen-bond donors (Lipinski definition) is 0. The van der Waals surface area contributed by atoms with Crippen LogP contribution in [-0.2, 0) is 0 Å². The van der Waals surface area contributed by atoms with E-state index in [9.17, 15) is 0 Å². The minimum Gasteiger partial charge on any atom is -0.0654 e. The molecule has 0 bridgehead atoms. The number of unbranched alkanes of at least 4 members (excludes halogenated alkanes) is 2. The van der Waals surface area contributed by atoms with Crippen LogP contribution < -0.4 is 0 Å². The Morgan fingerprint density at radius 1 is 1.06 bits per heavy atom. The third-order valence-corrected chi connectivity index (χ3v) is 4.28. The Kier molecular flexibility index (Phi) is 5.09. The van der Waals surface area contributed by atoms with Crippen LogP contribution in [0.25, 0.3) is 0 Å². The molecule has 0 aromatic heterocycles. The molecule has 17 heavy (non-hydrogen) atoms. The fourth-order valence-corrected chi connectivity index (χ4v) is 3.14. The standard InChI is InChI=1S/C17H25/c1-2-3-5-8-15-11-13-17(14-12-15)16-9-6-4-7-10-16/h6-7,9-10,15,17H,2-3,5,8,11-14H2,1H3/t15-,17-. The molecule has 1 aromatic rings. The van der Waals surface area contributed by atoms with E-state index in [0.717, 1.165) is 11.8 Å². The molecule has 0 nitrogen and oxygen atoms in total. The van der Waals surface area contributed by atoms with Gasteiger partial charge in [0.05, 0.1) is 0 Å². The molecule has 0 heterocycles. The third kappa shape index (κ3) is 3.87. The molecule has 0 aliphatic heterocycles. The van der Waals surface area contributed by atoms with Gasteiger partial charge in [-0.15, -0.1) is 0 Å². The molecule has 1 saturated carbocycles. The fraction of sp³-hybridized carbons (Fsp3) is 0.647. The van der Waals surface area contributed by atoms with Crippen LogP contribution in [0.15, 0.2) is 24.3 Å². The van der Waals surface area contributed by atoms with Gasteiger partial charge in [-0.1, -0.05) is 56.9 Å². The van der Waals surface area contributed by atoms with Crippen molar-refractivity contribution >= 4 is 0 Å². The van der Waals surface area contributed by atoms with E-state index in [-0.39, 0.29) is 0 Å². The van der Waals surface area contributed by atoms with E-state index in [4.69, 9.17) is 0 Å². The second-order valence-corrected chi connectivity index (χ2v) is 5.55. The van der Waals surface area contributed by atoms with Crippen molar-refractivity contribution in [1.29, 1.82) is 0 Å². The molecule has 0 N–H and O–H groups in total. The monoisotopic (exact) mass is 229 g/mol. The minimum atomic E-state index is 0.826. The number of rotatable bonds is 5. The summed E-state index contributed by atoms with van der Waals surface area (Å²) >= 11 is 0. The van der Waals surface area contributed by atoms with Crippen molar-refractivity contribution in [1.82, 2.24) is 0 Å². The first-order chi connectivity index (χ1) is 8.40. The zero-order chi connectivity index (χ0) is 11.9. The Morgan fingerprint density at radius 2 is 1.76 bits per heavy atom. The second kappa shape index (κ2) is 6.83. The maximum atomic E-state index is 3.11. The molecule has 0 unspecified atom stereocenters. The molecule has 0 atom stereocenters. The van der Waals surface area contributed by atoms with Gasteiger partial charge in [-0.2, -0.15) is 0 Å². The van der Waals surface area contributed by atoms with E-state index in [0.29, 0.717) is 0 Å². The van der Waals surface area contributed by atoms with E-state index in [1.54, 1.807) is 0 Å². The van der Waals surface area contributed by atoms with Crippen LogP contribution in [-0.4, -0.2) is 0 Å².